The van der Waals surface area contributed by atoms with Crippen molar-refractivity contribution in [1.29, 1.82) is 0 Å². The second-order valence-corrected chi connectivity index (χ2v) is 5.40. The van der Waals surface area contributed by atoms with Gasteiger partial charge in [0.05, 0.1) is 37.6 Å². The lowest BCUT2D eigenvalue weighted by atomic mass is 10.2. The van der Waals surface area contributed by atoms with E-state index in [0.717, 1.165) is 24.3 Å². The molecule has 10 N–H and O–H groups in total. The molecule has 0 atom stereocenters. The zero-order chi connectivity index (χ0) is 24.1. The number of phenolic OH excluding ortho intramolecular Hbond substituents is 6. The highest BCUT2D eigenvalue weighted by Gasteiger charge is 2.12. The van der Waals surface area contributed by atoms with Crippen LogP contribution in [0.3, 0.4) is 0 Å². The normalized spacial score (nSPS) is 9.61. The molecule has 2 aromatic carbocycles. The van der Waals surface area contributed by atoms with Gasteiger partial charge in [-0.05, 0) is 24.3 Å². The maximum absolute atomic E-state index is 10.3. The van der Waals surface area contributed by atoms with Crippen molar-refractivity contribution in [3.05, 3.63) is 35.4 Å². The molecule has 0 amide bonds. The van der Waals surface area contributed by atoms with E-state index in [2.05, 4.69) is 4.74 Å². The average molecular weight is 446 g/mol. The minimum absolute atomic E-state index is 0.0278. The number of aliphatic hydroxyl groups is 2. The maximum Gasteiger partial charge on any atom is 0.335 e. The zero-order valence-corrected chi connectivity index (χ0v) is 15.8. The molecule has 0 aliphatic rings. The smallest absolute Gasteiger partial charge is 0.335 e. The lowest BCUT2D eigenvalue weighted by Gasteiger charge is -2.01. The molecule has 0 bridgehead atoms. The fraction of sp³-hybridized carbons (Fsp3) is 0.222. The Morgan fingerprint density at radius 3 is 1.06 bits per heavy atom. The molecule has 0 spiro atoms. The van der Waals surface area contributed by atoms with Gasteiger partial charge in [0.2, 0.25) is 0 Å². The summed E-state index contributed by atoms with van der Waals surface area (Å²) in [6, 6.07) is 3.38. The molecule has 0 unspecified atom stereocenters. The number of carboxylic acid groups (broad SMARTS) is 2. The monoisotopic (exact) mass is 446 g/mol. The van der Waals surface area contributed by atoms with E-state index >= 15 is 0 Å². The summed E-state index contributed by atoms with van der Waals surface area (Å²) in [5.74, 6) is -6.67. The maximum atomic E-state index is 10.3. The lowest BCUT2D eigenvalue weighted by Crippen LogP contribution is -2.03. The molecule has 0 saturated carbocycles. The van der Waals surface area contributed by atoms with Crippen LogP contribution in [0.15, 0.2) is 24.3 Å². The number of carboxylic acids is 2. The van der Waals surface area contributed by atoms with E-state index in [-0.39, 0.29) is 24.3 Å². The van der Waals surface area contributed by atoms with Crippen LogP contribution in [0.4, 0.5) is 0 Å². The van der Waals surface area contributed by atoms with E-state index in [1.165, 1.54) is 0 Å². The molecule has 0 saturated heterocycles. The van der Waals surface area contributed by atoms with Crippen molar-refractivity contribution in [2.45, 2.75) is 0 Å². The molecule has 2 aromatic rings. The summed E-state index contributed by atoms with van der Waals surface area (Å²) < 4.78 is 4.63. The van der Waals surface area contributed by atoms with E-state index in [9.17, 15) is 9.59 Å². The quantitative estimate of drug-likeness (QED) is 0.207. The number of ether oxygens (including phenoxy) is 1. The van der Waals surface area contributed by atoms with Crippen LogP contribution < -0.4 is 0 Å². The van der Waals surface area contributed by atoms with Crippen molar-refractivity contribution in [3.63, 3.8) is 0 Å². The van der Waals surface area contributed by atoms with Crippen LogP contribution in [0.25, 0.3) is 0 Å². The highest BCUT2D eigenvalue weighted by molar-refractivity contribution is 5.89. The summed E-state index contributed by atoms with van der Waals surface area (Å²) in [6.07, 6.45) is 0. The van der Waals surface area contributed by atoms with Gasteiger partial charge in [0.1, 0.15) is 0 Å². The molecule has 13 heteroatoms. The van der Waals surface area contributed by atoms with Gasteiger partial charge in [0.25, 0.3) is 0 Å². The van der Waals surface area contributed by atoms with Gasteiger partial charge >= 0.3 is 11.9 Å². The minimum atomic E-state index is -1.29. The number of aromatic carboxylic acids is 2. The first-order valence-electron chi connectivity index (χ1n) is 8.22. The largest absolute Gasteiger partial charge is 0.504 e. The number of aliphatic hydroxyl groups excluding tert-OH is 2. The first-order valence-corrected chi connectivity index (χ1v) is 8.22. The first-order chi connectivity index (χ1) is 14.5. The fourth-order valence-electron chi connectivity index (χ4n) is 1.69. The van der Waals surface area contributed by atoms with Gasteiger partial charge in [-0.2, -0.15) is 0 Å². The molecule has 0 aliphatic heterocycles. The van der Waals surface area contributed by atoms with E-state index in [0.29, 0.717) is 13.2 Å². The predicted octanol–water partition coefficient (Wildman–Crippen LogP) is -0.00920. The Morgan fingerprint density at radius 2 is 0.871 bits per heavy atom. The van der Waals surface area contributed by atoms with Crippen molar-refractivity contribution in [2.24, 2.45) is 0 Å². The molecule has 0 heterocycles. The van der Waals surface area contributed by atoms with Crippen LogP contribution in [0.2, 0.25) is 0 Å². The van der Waals surface area contributed by atoms with E-state index in [4.69, 9.17) is 51.1 Å². The fourth-order valence-corrected chi connectivity index (χ4v) is 1.69. The van der Waals surface area contributed by atoms with Crippen LogP contribution >= 0.6 is 0 Å². The number of hydrogen-bond donors (Lipinski definition) is 10. The van der Waals surface area contributed by atoms with Crippen LogP contribution in [0, 0.1) is 0 Å². The van der Waals surface area contributed by atoms with Crippen LogP contribution in [-0.2, 0) is 4.74 Å². The number of aromatic hydroxyl groups is 6. The third-order valence-electron chi connectivity index (χ3n) is 3.10. The van der Waals surface area contributed by atoms with Crippen LogP contribution in [0.5, 0.6) is 34.5 Å². The molecule has 0 radical (unpaired) electrons. The summed E-state index contributed by atoms with van der Waals surface area (Å²) in [6.45, 7) is 0.696. The third-order valence-corrected chi connectivity index (χ3v) is 3.10. The third kappa shape index (κ3) is 9.40. The van der Waals surface area contributed by atoms with Gasteiger partial charge in [-0.25, -0.2) is 9.59 Å². The highest BCUT2D eigenvalue weighted by atomic mass is 16.5. The number of hydrogen-bond acceptors (Lipinski definition) is 11. The Hall–Kier alpha value is -3.94. The Bertz CT molecular complexity index is 761. The van der Waals surface area contributed by atoms with Crippen molar-refractivity contribution in [3.8, 4) is 34.5 Å². The molecule has 0 aromatic heterocycles. The minimum Gasteiger partial charge on any atom is -0.504 e. The standard InChI is InChI=1S/2C7H6O5.C4H10O3/c2*8-4-1-3(7(11)12)2-5(9)6(4)10;5-1-3-7-4-2-6/h2*1-2,8-10H,(H,11,12);5-6H,1-4H2. The second-order valence-electron chi connectivity index (χ2n) is 5.40. The van der Waals surface area contributed by atoms with Crippen molar-refractivity contribution >= 4 is 11.9 Å². The van der Waals surface area contributed by atoms with Crippen LogP contribution in [0.1, 0.15) is 20.7 Å². The van der Waals surface area contributed by atoms with Crippen LogP contribution in [-0.4, -0.2) is 89.4 Å². The van der Waals surface area contributed by atoms with Gasteiger partial charge in [-0.3, -0.25) is 0 Å². The molecule has 0 fully saturated rings. The summed E-state index contributed by atoms with van der Waals surface area (Å²) in [5, 5.41) is 86.1. The van der Waals surface area contributed by atoms with Gasteiger partial charge in [0.15, 0.2) is 34.5 Å². The number of phenols is 6. The first kappa shape index (κ1) is 27.1. The topological polar surface area (TPSA) is 246 Å². The number of benzene rings is 2. The average Bonchev–Trinajstić information content (AvgIpc) is 2.70. The molecular weight excluding hydrogens is 424 g/mol. The van der Waals surface area contributed by atoms with E-state index in [1.807, 2.05) is 0 Å². The Labute approximate surface area is 174 Å². The molecule has 2 rings (SSSR count). The Balaban J connectivity index is 0.000000454. The van der Waals surface area contributed by atoms with Gasteiger partial charge in [-0.15, -0.1) is 0 Å². The van der Waals surface area contributed by atoms with E-state index < -0.39 is 46.4 Å². The molecule has 13 nitrogen and oxygen atoms in total. The van der Waals surface area contributed by atoms with Gasteiger partial charge in [-0.1, -0.05) is 0 Å². The lowest BCUT2D eigenvalue weighted by molar-refractivity contribution is 0.0650. The molecular formula is C18H22O13. The van der Waals surface area contributed by atoms with Crippen molar-refractivity contribution < 1.29 is 65.4 Å². The van der Waals surface area contributed by atoms with E-state index in [1.54, 1.807) is 0 Å². The number of rotatable bonds is 6. The SMILES string of the molecule is O=C(O)c1cc(O)c(O)c(O)c1.O=C(O)c1cc(O)c(O)c(O)c1.OCCOCCO. The predicted molar refractivity (Wildman–Crippen MR) is 102 cm³/mol. The van der Waals surface area contributed by atoms with Gasteiger partial charge in [0, 0.05) is 0 Å². The summed E-state index contributed by atoms with van der Waals surface area (Å²) in [7, 11) is 0. The highest BCUT2D eigenvalue weighted by Crippen LogP contribution is 2.36. The van der Waals surface area contributed by atoms with Crippen molar-refractivity contribution in [1.82, 2.24) is 0 Å². The van der Waals surface area contributed by atoms with Gasteiger partial charge < -0.3 is 55.8 Å². The Kier molecular flexibility index (Phi) is 11.6. The molecule has 172 valence electrons. The summed E-state index contributed by atoms with van der Waals surface area (Å²) in [5.41, 5.74) is -0.578. The zero-order valence-electron chi connectivity index (χ0n) is 15.8. The summed E-state index contributed by atoms with van der Waals surface area (Å²) in [4.78, 5) is 20.6. The molecule has 0 aliphatic carbocycles. The van der Waals surface area contributed by atoms with Crippen molar-refractivity contribution in [2.75, 3.05) is 26.4 Å². The second kappa shape index (κ2) is 13.3. The Morgan fingerprint density at radius 1 is 0.613 bits per heavy atom. The summed E-state index contributed by atoms with van der Waals surface area (Å²) >= 11 is 0. The number of carbonyl (C=O) groups is 2. The molecule has 31 heavy (non-hydrogen) atoms.